The minimum absolute atomic E-state index is 0.0175. The number of ether oxygens (including phenoxy) is 1. The molecule has 1 amide bonds. The van der Waals surface area contributed by atoms with E-state index in [0.29, 0.717) is 6.61 Å². The molecule has 1 aliphatic rings. The predicted molar refractivity (Wildman–Crippen MR) is 71.3 cm³/mol. The van der Waals surface area contributed by atoms with Gasteiger partial charge in [-0.15, -0.1) is 0 Å². The fraction of sp³-hybridized carbons (Fsp3) is 0.462. The summed E-state index contributed by atoms with van der Waals surface area (Å²) in [6.45, 7) is 0.699. The third-order valence-electron chi connectivity index (χ3n) is 2.80. The zero-order chi connectivity index (χ0) is 12.1. The largest absolute Gasteiger partial charge is 0.368 e. The molecule has 0 spiro atoms. The van der Waals surface area contributed by atoms with Gasteiger partial charge in [0, 0.05) is 18.0 Å². The number of carbonyl (C=O) groups is 1. The van der Waals surface area contributed by atoms with Crippen molar-refractivity contribution in [2.24, 2.45) is 0 Å². The molecule has 17 heavy (non-hydrogen) atoms. The SMILES string of the molecule is CSCc1ccccc1NC(=O)[C@@H]1CCCO1. The summed E-state index contributed by atoms with van der Waals surface area (Å²) in [6.07, 6.45) is 3.59. The number of anilines is 1. The van der Waals surface area contributed by atoms with E-state index in [2.05, 4.69) is 11.6 Å². The van der Waals surface area contributed by atoms with Gasteiger partial charge in [0.1, 0.15) is 6.10 Å². The second-order valence-corrected chi connectivity index (χ2v) is 4.95. The van der Waals surface area contributed by atoms with Crippen molar-refractivity contribution >= 4 is 23.4 Å². The Morgan fingerprint density at radius 3 is 3.06 bits per heavy atom. The summed E-state index contributed by atoms with van der Waals surface area (Å²) in [5, 5.41) is 2.96. The van der Waals surface area contributed by atoms with Gasteiger partial charge in [-0.2, -0.15) is 11.8 Å². The van der Waals surface area contributed by atoms with Gasteiger partial charge in [0.25, 0.3) is 5.91 Å². The van der Waals surface area contributed by atoms with Crippen LogP contribution in [0.4, 0.5) is 5.69 Å². The van der Waals surface area contributed by atoms with Gasteiger partial charge in [0.15, 0.2) is 0 Å². The highest BCUT2D eigenvalue weighted by molar-refractivity contribution is 7.97. The summed E-state index contributed by atoms with van der Waals surface area (Å²) in [5.74, 6) is 0.887. The first kappa shape index (κ1) is 12.5. The summed E-state index contributed by atoms with van der Waals surface area (Å²) >= 11 is 1.75. The van der Waals surface area contributed by atoms with E-state index >= 15 is 0 Å². The fourth-order valence-corrected chi connectivity index (χ4v) is 2.48. The molecule has 3 nitrogen and oxygen atoms in total. The van der Waals surface area contributed by atoms with Gasteiger partial charge in [-0.25, -0.2) is 0 Å². The van der Waals surface area contributed by atoms with Gasteiger partial charge in [-0.3, -0.25) is 4.79 Å². The molecule has 1 saturated heterocycles. The van der Waals surface area contributed by atoms with Crippen LogP contribution in [0.5, 0.6) is 0 Å². The van der Waals surface area contributed by atoms with Crippen LogP contribution in [0.2, 0.25) is 0 Å². The maximum atomic E-state index is 11.9. The smallest absolute Gasteiger partial charge is 0.253 e. The minimum Gasteiger partial charge on any atom is -0.368 e. The molecular formula is C13H17NO2S. The molecule has 0 radical (unpaired) electrons. The third-order valence-corrected chi connectivity index (χ3v) is 3.40. The number of hydrogen-bond acceptors (Lipinski definition) is 3. The van der Waals surface area contributed by atoms with Crippen LogP contribution in [0.25, 0.3) is 0 Å². The van der Waals surface area contributed by atoms with E-state index in [9.17, 15) is 4.79 Å². The van der Waals surface area contributed by atoms with Crippen LogP contribution < -0.4 is 5.32 Å². The van der Waals surface area contributed by atoms with Gasteiger partial charge >= 0.3 is 0 Å². The van der Waals surface area contributed by atoms with Crippen molar-refractivity contribution in [1.29, 1.82) is 0 Å². The summed E-state index contributed by atoms with van der Waals surface area (Å²) in [5.41, 5.74) is 2.06. The highest BCUT2D eigenvalue weighted by Gasteiger charge is 2.23. The lowest BCUT2D eigenvalue weighted by Gasteiger charge is -2.13. The Hall–Kier alpha value is -1.00. The van der Waals surface area contributed by atoms with Crippen molar-refractivity contribution in [2.45, 2.75) is 24.7 Å². The summed E-state index contributed by atoms with van der Waals surface area (Å²) < 4.78 is 5.37. The minimum atomic E-state index is -0.266. The van der Waals surface area contributed by atoms with E-state index in [1.54, 1.807) is 11.8 Å². The zero-order valence-corrected chi connectivity index (χ0v) is 10.8. The third kappa shape index (κ3) is 3.23. The number of amides is 1. The molecule has 1 N–H and O–H groups in total. The Bertz CT molecular complexity index is 389. The topological polar surface area (TPSA) is 38.3 Å². The first-order valence-corrected chi connectivity index (χ1v) is 7.20. The number of thioether (sulfide) groups is 1. The summed E-state index contributed by atoms with van der Waals surface area (Å²) in [6, 6.07) is 7.92. The standard InChI is InChI=1S/C13H17NO2S/c1-17-9-10-5-2-3-6-11(10)14-13(15)12-7-4-8-16-12/h2-3,5-6,12H,4,7-9H2,1H3,(H,14,15)/t12-/m0/s1. The molecule has 1 fully saturated rings. The van der Waals surface area contributed by atoms with E-state index < -0.39 is 0 Å². The predicted octanol–water partition coefficient (Wildman–Crippen LogP) is 2.67. The molecule has 92 valence electrons. The van der Waals surface area contributed by atoms with Crippen LogP contribution in [-0.4, -0.2) is 24.9 Å². The molecule has 4 heteroatoms. The van der Waals surface area contributed by atoms with Gasteiger partial charge in [-0.05, 0) is 30.7 Å². The van der Waals surface area contributed by atoms with Crippen LogP contribution in [0.3, 0.4) is 0 Å². The van der Waals surface area contributed by atoms with E-state index in [1.165, 1.54) is 0 Å². The van der Waals surface area contributed by atoms with E-state index in [4.69, 9.17) is 4.74 Å². The van der Waals surface area contributed by atoms with Crippen LogP contribution in [0, 0.1) is 0 Å². The van der Waals surface area contributed by atoms with Gasteiger partial charge < -0.3 is 10.1 Å². The first-order chi connectivity index (χ1) is 8.31. The lowest BCUT2D eigenvalue weighted by atomic mass is 10.2. The zero-order valence-electron chi connectivity index (χ0n) is 9.94. The highest BCUT2D eigenvalue weighted by Crippen LogP contribution is 2.21. The number of nitrogens with one attached hydrogen (secondary N) is 1. The average molecular weight is 251 g/mol. The molecule has 1 aromatic rings. The van der Waals surface area contributed by atoms with Crippen LogP contribution >= 0.6 is 11.8 Å². The number of para-hydroxylation sites is 1. The second-order valence-electron chi connectivity index (χ2n) is 4.08. The van der Waals surface area contributed by atoms with Crippen molar-refractivity contribution in [2.75, 3.05) is 18.2 Å². The number of hydrogen-bond donors (Lipinski definition) is 1. The molecule has 2 rings (SSSR count). The monoisotopic (exact) mass is 251 g/mol. The first-order valence-electron chi connectivity index (χ1n) is 5.80. The van der Waals surface area contributed by atoms with Crippen LogP contribution in [0.15, 0.2) is 24.3 Å². The Labute approximate surface area is 106 Å². The Kier molecular flexibility index (Phi) is 4.45. The summed E-state index contributed by atoms with van der Waals surface area (Å²) in [4.78, 5) is 11.9. The van der Waals surface area contributed by atoms with Crippen LogP contribution in [-0.2, 0) is 15.3 Å². The van der Waals surface area contributed by atoms with Crippen molar-refractivity contribution in [3.8, 4) is 0 Å². The second kappa shape index (κ2) is 6.07. The average Bonchev–Trinajstić information content (AvgIpc) is 2.85. The Balaban J connectivity index is 2.04. The molecule has 0 unspecified atom stereocenters. The summed E-state index contributed by atoms with van der Waals surface area (Å²) in [7, 11) is 0. The van der Waals surface area contributed by atoms with Gasteiger partial charge in [0.2, 0.25) is 0 Å². The van der Waals surface area contributed by atoms with Crippen molar-refractivity contribution in [1.82, 2.24) is 0 Å². The Morgan fingerprint density at radius 2 is 2.35 bits per heavy atom. The normalized spacial score (nSPS) is 19.2. The molecule has 0 aromatic heterocycles. The fourth-order valence-electron chi connectivity index (χ4n) is 1.92. The number of benzene rings is 1. The maximum absolute atomic E-state index is 11.9. The van der Waals surface area contributed by atoms with Gasteiger partial charge in [0.05, 0.1) is 0 Å². The van der Waals surface area contributed by atoms with E-state index in [-0.39, 0.29) is 12.0 Å². The van der Waals surface area contributed by atoms with Crippen molar-refractivity contribution in [3.63, 3.8) is 0 Å². The van der Waals surface area contributed by atoms with E-state index in [0.717, 1.165) is 29.8 Å². The van der Waals surface area contributed by atoms with Gasteiger partial charge in [-0.1, -0.05) is 18.2 Å². The Morgan fingerprint density at radius 1 is 1.53 bits per heavy atom. The maximum Gasteiger partial charge on any atom is 0.253 e. The highest BCUT2D eigenvalue weighted by atomic mass is 32.2. The molecule has 1 heterocycles. The van der Waals surface area contributed by atoms with E-state index in [1.807, 2.05) is 24.3 Å². The lowest BCUT2D eigenvalue weighted by Crippen LogP contribution is -2.27. The lowest BCUT2D eigenvalue weighted by molar-refractivity contribution is -0.124. The van der Waals surface area contributed by atoms with Crippen molar-refractivity contribution < 1.29 is 9.53 Å². The van der Waals surface area contributed by atoms with Crippen LogP contribution in [0.1, 0.15) is 18.4 Å². The molecule has 1 atom stereocenters. The number of rotatable bonds is 4. The molecule has 1 aromatic carbocycles. The molecule has 0 saturated carbocycles. The van der Waals surface area contributed by atoms with Crippen molar-refractivity contribution in [3.05, 3.63) is 29.8 Å². The quantitative estimate of drug-likeness (QED) is 0.894. The molecule has 1 aliphatic heterocycles. The molecule has 0 aliphatic carbocycles. The molecule has 0 bridgehead atoms. The molecular weight excluding hydrogens is 234 g/mol. The number of carbonyl (C=O) groups excluding carboxylic acids is 1.